The Hall–Kier alpha value is -1.93. The summed E-state index contributed by atoms with van der Waals surface area (Å²) in [5.74, 6) is 0.347. The number of nitrogens with zero attached hydrogens (tertiary/aromatic N) is 2. The summed E-state index contributed by atoms with van der Waals surface area (Å²) in [6, 6.07) is 6.28. The predicted molar refractivity (Wildman–Crippen MR) is 104 cm³/mol. The molecule has 0 bridgehead atoms. The molecule has 0 saturated carbocycles. The maximum Gasteiger partial charge on any atom is 0.262 e. The van der Waals surface area contributed by atoms with E-state index < -0.39 is 10.0 Å². The van der Waals surface area contributed by atoms with Crippen molar-refractivity contribution in [2.75, 3.05) is 31.5 Å². The first-order valence-electron chi connectivity index (χ1n) is 9.13. The second kappa shape index (κ2) is 9.68. The lowest BCUT2D eigenvalue weighted by molar-refractivity contribution is -0.117. The second-order valence-electron chi connectivity index (χ2n) is 6.34. The lowest BCUT2D eigenvalue weighted by Crippen LogP contribution is -2.34. The van der Waals surface area contributed by atoms with E-state index in [2.05, 4.69) is 26.9 Å². The van der Waals surface area contributed by atoms with Crippen LogP contribution in [0.4, 0.5) is 5.69 Å². The number of hydrogen-bond donors (Lipinski definition) is 2. The van der Waals surface area contributed by atoms with E-state index in [9.17, 15) is 13.2 Å². The van der Waals surface area contributed by atoms with Gasteiger partial charge in [-0.15, -0.1) is 0 Å². The van der Waals surface area contributed by atoms with Gasteiger partial charge in [0.05, 0.1) is 11.4 Å². The van der Waals surface area contributed by atoms with Crippen molar-refractivity contribution in [1.29, 1.82) is 0 Å². The van der Waals surface area contributed by atoms with Crippen LogP contribution in [0.3, 0.4) is 0 Å². The molecule has 0 radical (unpaired) electrons. The zero-order chi connectivity index (χ0) is 19.0. The van der Waals surface area contributed by atoms with Gasteiger partial charge in [0, 0.05) is 18.7 Å². The molecule has 1 aliphatic rings. The predicted octanol–water partition coefficient (Wildman–Crippen LogP) is 2.22. The molecule has 1 aromatic carbocycles. The fourth-order valence-electron chi connectivity index (χ4n) is 2.71. The van der Waals surface area contributed by atoms with Gasteiger partial charge >= 0.3 is 0 Å². The largest absolute Gasteiger partial charge is 0.325 e. The van der Waals surface area contributed by atoms with Gasteiger partial charge in [-0.1, -0.05) is 26.3 Å². The molecule has 2 N–H and O–H groups in total. The van der Waals surface area contributed by atoms with Crippen LogP contribution in [0.1, 0.15) is 39.5 Å². The van der Waals surface area contributed by atoms with E-state index in [0.717, 1.165) is 32.4 Å². The SMILES string of the molecule is CCCCN(CC)CC(=O)Nc1cccc(S(=O)(=O)NC2=NCCC2)c1. The van der Waals surface area contributed by atoms with E-state index in [1.54, 1.807) is 12.1 Å². The molecule has 0 unspecified atom stereocenters. The molecule has 26 heavy (non-hydrogen) atoms. The average Bonchev–Trinajstić information content (AvgIpc) is 3.11. The van der Waals surface area contributed by atoms with Gasteiger partial charge in [-0.05, 0) is 44.1 Å². The van der Waals surface area contributed by atoms with E-state index in [1.807, 2.05) is 6.92 Å². The fraction of sp³-hybridized carbons (Fsp3) is 0.556. The van der Waals surface area contributed by atoms with Gasteiger partial charge in [0.2, 0.25) is 5.91 Å². The third kappa shape index (κ3) is 6.10. The van der Waals surface area contributed by atoms with Crippen molar-refractivity contribution < 1.29 is 13.2 Å². The highest BCUT2D eigenvalue weighted by Gasteiger charge is 2.19. The van der Waals surface area contributed by atoms with Crippen molar-refractivity contribution in [3.05, 3.63) is 24.3 Å². The topological polar surface area (TPSA) is 90.9 Å². The molecule has 0 fully saturated rings. The van der Waals surface area contributed by atoms with Crippen molar-refractivity contribution in [2.45, 2.75) is 44.4 Å². The molecule has 8 heteroatoms. The normalized spacial score (nSPS) is 14.3. The van der Waals surface area contributed by atoms with Gasteiger partial charge in [-0.3, -0.25) is 19.4 Å². The number of aliphatic imine (C=N–C) groups is 1. The van der Waals surface area contributed by atoms with E-state index in [1.165, 1.54) is 12.1 Å². The third-order valence-electron chi connectivity index (χ3n) is 4.20. The number of rotatable bonds is 9. The summed E-state index contributed by atoms with van der Waals surface area (Å²) < 4.78 is 27.4. The van der Waals surface area contributed by atoms with E-state index in [4.69, 9.17) is 0 Å². The molecular formula is C18H28N4O3S. The molecule has 1 aromatic rings. The fourth-order valence-corrected chi connectivity index (χ4v) is 3.85. The molecule has 0 aromatic heterocycles. The molecule has 0 saturated heterocycles. The molecule has 1 heterocycles. The number of anilines is 1. The molecule has 0 atom stereocenters. The minimum atomic E-state index is -3.68. The number of hydrogen-bond acceptors (Lipinski definition) is 5. The molecule has 144 valence electrons. The van der Waals surface area contributed by atoms with E-state index in [0.29, 0.717) is 31.0 Å². The maximum atomic E-state index is 12.5. The highest BCUT2D eigenvalue weighted by Crippen LogP contribution is 2.16. The van der Waals surface area contributed by atoms with Crippen molar-refractivity contribution in [2.24, 2.45) is 4.99 Å². The van der Waals surface area contributed by atoms with E-state index in [-0.39, 0.29) is 10.8 Å². The molecule has 1 amide bonds. The molecule has 0 aliphatic carbocycles. The van der Waals surface area contributed by atoms with Crippen molar-refractivity contribution in [1.82, 2.24) is 9.62 Å². The van der Waals surface area contributed by atoms with Crippen molar-refractivity contribution in [3.63, 3.8) is 0 Å². The molecule has 7 nitrogen and oxygen atoms in total. The standard InChI is InChI=1S/C18H28N4O3S/c1-3-5-12-22(4-2)14-18(23)20-15-8-6-9-16(13-15)26(24,25)21-17-10-7-11-19-17/h6,8-9,13H,3-5,7,10-12,14H2,1-2H3,(H,19,21)(H,20,23). The number of nitrogens with one attached hydrogen (secondary N) is 2. The van der Waals surface area contributed by atoms with Gasteiger partial charge in [0.1, 0.15) is 5.84 Å². The van der Waals surface area contributed by atoms with Crippen molar-refractivity contribution in [3.8, 4) is 0 Å². The van der Waals surface area contributed by atoms with Crippen LogP contribution < -0.4 is 10.0 Å². The lowest BCUT2D eigenvalue weighted by atomic mass is 10.3. The Kier molecular flexibility index (Phi) is 7.59. The smallest absolute Gasteiger partial charge is 0.262 e. The first kappa shape index (κ1) is 20.4. The summed E-state index contributed by atoms with van der Waals surface area (Å²) in [5.41, 5.74) is 0.470. The van der Waals surface area contributed by atoms with Crippen LogP contribution in [-0.4, -0.2) is 51.2 Å². The maximum absolute atomic E-state index is 12.5. The lowest BCUT2D eigenvalue weighted by Gasteiger charge is -2.19. The van der Waals surface area contributed by atoms with Crippen LogP contribution in [0.5, 0.6) is 0 Å². The van der Waals surface area contributed by atoms with Crippen LogP contribution in [0, 0.1) is 0 Å². The minimum Gasteiger partial charge on any atom is -0.325 e. The van der Waals surface area contributed by atoms with E-state index >= 15 is 0 Å². The van der Waals surface area contributed by atoms with Crippen LogP contribution in [0.15, 0.2) is 34.2 Å². The summed E-state index contributed by atoms with van der Waals surface area (Å²) in [5, 5.41) is 2.79. The van der Waals surface area contributed by atoms with Gasteiger partial charge < -0.3 is 5.32 Å². The number of carbonyl (C=O) groups excluding carboxylic acids is 1. The number of amides is 1. The number of benzene rings is 1. The second-order valence-corrected chi connectivity index (χ2v) is 8.02. The van der Waals surface area contributed by atoms with Gasteiger partial charge in [-0.2, -0.15) is 0 Å². The number of sulfonamides is 1. The van der Waals surface area contributed by atoms with Crippen LogP contribution in [-0.2, 0) is 14.8 Å². The van der Waals surface area contributed by atoms with Gasteiger partial charge in [0.25, 0.3) is 10.0 Å². The van der Waals surface area contributed by atoms with Gasteiger partial charge in [0.15, 0.2) is 0 Å². The minimum absolute atomic E-state index is 0.114. The Morgan fingerprint density at radius 1 is 1.31 bits per heavy atom. The Morgan fingerprint density at radius 2 is 2.12 bits per heavy atom. The Morgan fingerprint density at radius 3 is 2.77 bits per heavy atom. The first-order valence-corrected chi connectivity index (χ1v) is 10.6. The summed E-state index contributed by atoms with van der Waals surface area (Å²) in [6.07, 6.45) is 3.63. The molecular weight excluding hydrogens is 352 g/mol. The quantitative estimate of drug-likeness (QED) is 0.687. The molecule has 2 rings (SSSR count). The monoisotopic (exact) mass is 380 g/mol. The molecule has 0 spiro atoms. The molecule has 1 aliphatic heterocycles. The summed E-state index contributed by atoms with van der Waals surface area (Å²) in [6.45, 7) is 6.76. The zero-order valence-electron chi connectivity index (χ0n) is 15.5. The summed E-state index contributed by atoms with van der Waals surface area (Å²) >= 11 is 0. The van der Waals surface area contributed by atoms with Crippen molar-refractivity contribution >= 4 is 27.5 Å². The van der Waals surface area contributed by atoms with Crippen LogP contribution in [0.25, 0.3) is 0 Å². The highest BCUT2D eigenvalue weighted by molar-refractivity contribution is 7.90. The van der Waals surface area contributed by atoms with Crippen LogP contribution >= 0.6 is 0 Å². The number of likely N-dealkylation sites (N-methyl/N-ethyl adjacent to an activating group) is 1. The Bertz CT molecular complexity index is 747. The summed E-state index contributed by atoms with van der Waals surface area (Å²) in [7, 11) is -3.68. The first-order chi connectivity index (χ1) is 12.4. The third-order valence-corrected chi connectivity index (χ3v) is 5.58. The summed E-state index contributed by atoms with van der Waals surface area (Å²) in [4.78, 5) is 18.6. The Labute approximate surface area is 155 Å². The number of amidine groups is 1. The average molecular weight is 381 g/mol. The zero-order valence-corrected chi connectivity index (χ0v) is 16.3. The number of unbranched alkanes of at least 4 members (excludes halogenated alkanes) is 1. The Balaban J connectivity index is 2.00. The van der Waals surface area contributed by atoms with Crippen LogP contribution in [0.2, 0.25) is 0 Å². The number of carbonyl (C=O) groups is 1. The van der Waals surface area contributed by atoms with Gasteiger partial charge in [-0.25, -0.2) is 8.42 Å². The highest BCUT2D eigenvalue weighted by atomic mass is 32.2.